The monoisotopic (exact) mass is 343 g/mol. The zero-order valence-electron chi connectivity index (χ0n) is 14.7. The van der Waals surface area contributed by atoms with Gasteiger partial charge in [0.1, 0.15) is 0 Å². The maximum absolute atomic E-state index is 12.6. The number of rotatable bonds is 5. The number of carbonyl (C=O) groups is 1. The lowest BCUT2D eigenvalue weighted by Gasteiger charge is -2.16. The van der Waals surface area contributed by atoms with E-state index in [9.17, 15) is 9.59 Å². The van der Waals surface area contributed by atoms with E-state index in [1.807, 2.05) is 18.2 Å². The molecule has 1 aromatic heterocycles. The Hall–Kier alpha value is -2.34. The molecule has 1 fully saturated rings. The summed E-state index contributed by atoms with van der Waals surface area (Å²) in [5, 5.41) is 7.10. The molecule has 6 nitrogen and oxygen atoms in total. The van der Waals surface area contributed by atoms with Gasteiger partial charge in [-0.15, -0.1) is 0 Å². The summed E-state index contributed by atoms with van der Waals surface area (Å²) >= 11 is 0. The van der Waals surface area contributed by atoms with Crippen LogP contribution in [0.3, 0.4) is 0 Å². The fraction of sp³-hybridized carbons (Fsp3) is 0.474. The van der Waals surface area contributed by atoms with E-state index in [-0.39, 0.29) is 17.7 Å². The minimum atomic E-state index is -0.282. The highest BCUT2D eigenvalue weighted by Crippen LogP contribution is 2.21. The van der Waals surface area contributed by atoms with Crippen molar-refractivity contribution in [3.63, 3.8) is 0 Å². The summed E-state index contributed by atoms with van der Waals surface area (Å²) in [7, 11) is 0. The van der Waals surface area contributed by atoms with Crippen LogP contribution in [0.1, 0.15) is 26.7 Å². The number of nitrogens with one attached hydrogen (secondary N) is 2. The predicted molar refractivity (Wildman–Crippen MR) is 99.0 cm³/mol. The van der Waals surface area contributed by atoms with Crippen LogP contribution in [0.15, 0.2) is 35.3 Å². The molecule has 0 unspecified atom stereocenters. The van der Waals surface area contributed by atoms with E-state index in [1.165, 1.54) is 0 Å². The van der Waals surface area contributed by atoms with Crippen molar-refractivity contribution >= 4 is 22.5 Å². The van der Waals surface area contributed by atoms with Gasteiger partial charge in [0.15, 0.2) is 0 Å². The van der Waals surface area contributed by atoms with Crippen molar-refractivity contribution in [3.8, 4) is 0 Å². The van der Waals surface area contributed by atoms with Gasteiger partial charge in [-0.1, -0.05) is 32.0 Å². The molecule has 1 atom stereocenters. The van der Waals surface area contributed by atoms with Crippen LogP contribution in [0.25, 0.3) is 10.8 Å². The largest absolute Gasteiger partial charge is 0.376 e. The van der Waals surface area contributed by atoms with Crippen molar-refractivity contribution in [2.75, 3.05) is 18.5 Å². The minimum absolute atomic E-state index is 0.0328. The normalized spacial score (nSPS) is 17.2. The number of nitrogens with zero attached hydrogens (tertiary/aromatic N) is 1. The highest BCUT2D eigenvalue weighted by atomic mass is 16.5. The number of ether oxygens (including phenoxy) is 1. The number of fused-ring (bicyclic) bond motifs is 1. The molecule has 1 aliphatic rings. The standard InChI is InChI=1S/C19H25N3O3/c1-13(2)11-22-12-17(15-7-3-4-8-16(15)18(22)23)21-19(24)20-10-14-6-5-9-25-14/h3-4,7-8,12-14H,5-6,9-11H2,1-2H3,(H2,20,21,24)/t14-/m1/s1. The lowest BCUT2D eigenvalue weighted by atomic mass is 10.1. The first-order chi connectivity index (χ1) is 12.0. The number of urea groups is 1. The van der Waals surface area contributed by atoms with E-state index in [4.69, 9.17) is 4.74 Å². The lowest BCUT2D eigenvalue weighted by Crippen LogP contribution is -2.35. The molecular formula is C19H25N3O3. The molecule has 0 saturated carbocycles. The molecule has 25 heavy (non-hydrogen) atoms. The Balaban J connectivity index is 1.82. The summed E-state index contributed by atoms with van der Waals surface area (Å²) in [4.78, 5) is 24.9. The quantitative estimate of drug-likeness (QED) is 0.877. The molecule has 1 saturated heterocycles. The Morgan fingerprint density at radius 2 is 2.08 bits per heavy atom. The van der Waals surface area contributed by atoms with Gasteiger partial charge < -0.3 is 19.9 Å². The Kier molecular flexibility index (Phi) is 5.38. The van der Waals surface area contributed by atoms with Gasteiger partial charge in [0.2, 0.25) is 0 Å². The van der Waals surface area contributed by atoms with Gasteiger partial charge in [0.25, 0.3) is 5.56 Å². The second kappa shape index (κ2) is 7.70. The van der Waals surface area contributed by atoms with Gasteiger partial charge in [-0.3, -0.25) is 4.79 Å². The molecule has 0 bridgehead atoms. The Bertz CT molecular complexity index is 807. The second-order valence-electron chi connectivity index (χ2n) is 6.91. The van der Waals surface area contributed by atoms with Crippen LogP contribution >= 0.6 is 0 Å². The first kappa shape index (κ1) is 17.5. The van der Waals surface area contributed by atoms with Crippen LogP contribution in [-0.2, 0) is 11.3 Å². The Labute approximate surface area is 147 Å². The molecule has 1 aromatic carbocycles. The van der Waals surface area contributed by atoms with Crippen molar-refractivity contribution in [2.45, 2.75) is 39.3 Å². The van der Waals surface area contributed by atoms with Gasteiger partial charge in [0, 0.05) is 36.7 Å². The van der Waals surface area contributed by atoms with Gasteiger partial charge in [-0.05, 0) is 24.8 Å². The number of benzene rings is 1. The molecule has 0 aliphatic carbocycles. The van der Waals surface area contributed by atoms with E-state index >= 15 is 0 Å². The van der Waals surface area contributed by atoms with Crippen molar-refractivity contribution < 1.29 is 9.53 Å². The molecule has 2 aromatic rings. The van der Waals surface area contributed by atoms with Crippen LogP contribution in [0, 0.1) is 5.92 Å². The maximum Gasteiger partial charge on any atom is 0.319 e. The zero-order valence-corrected chi connectivity index (χ0v) is 14.7. The van der Waals surface area contributed by atoms with Crippen molar-refractivity contribution in [1.29, 1.82) is 0 Å². The lowest BCUT2D eigenvalue weighted by molar-refractivity contribution is 0.112. The molecular weight excluding hydrogens is 318 g/mol. The number of aromatic nitrogens is 1. The van der Waals surface area contributed by atoms with Gasteiger partial charge in [0.05, 0.1) is 11.8 Å². The minimum Gasteiger partial charge on any atom is -0.376 e. The zero-order chi connectivity index (χ0) is 17.8. The average Bonchev–Trinajstić information content (AvgIpc) is 3.10. The van der Waals surface area contributed by atoms with Gasteiger partial charge in [-0.2, -0.15) is 0 Å². The van der Waals surface area contributed by atoms with Crippen molar-refractivity contribution in [2.24, 2.45) is 5.92 Å². The summed E-state index contributed by atoms with van der Waals surface area (Å²) in [5.74, 6) is 0.333. The highest BCUT2D eigenvalue weighted by Gasteiger charge is 2.17. The maximum atomic E-state index is 12.6. The average molecular weight is 343 g/mol. The van der Waals surface area contributed by atoms with E-state index in [1.54, 1.807) is 16.8 Å². The van der Waals surface area contributed by atoms with Gasteiger partial charge >= 0.3 is 6.03 Å². The van der Waals surface area contributed by atoms with Crippen LogP contribution in [0.4, 0.5) is 10.5 Å². The fourth-order valence-corrected chi connectivity index (χ4v) is 3.15. The molecule has 2 amide bonds. The van der Waals surface area contributed by atoms with Crippen LogP contribution in [-0.4, -0.2) is 29.9 Å². The van der Waals surface area contributed by atoms with E-state index < -0.39 is 0 Å². The molecule has 3 rings (SSSR count). The van der Waals surface area contributed by atoms with Crippen molar-refractivity contribution in [3.05, 3.63) is 40.8 Å². The first-order valence-corrected chi connectivity index (χ1v) is 8.83. The second-order valence-corrected chi connectivity index (χ2v) is 6.91. The fourth-order valence-electron chi connectivity index (χ4n) is 3.15. The summed E-state index contributed by atoms with van der Waals surface area (Å²) in [6.45, 7) is 5.98. The number of carbonyl (C=O) groups excluding carboxylic acids is 1. The number of hydrogen-bond donors (Lipinski definition) is 2. The van der Waals surface area contributed by atoms with Crippen LogP contribution in [0.2, 0.25) is 0 Å². The third kappa shape index (κ3) is 4.20. The molecule has 2 heterocycles. The van der Waals surface area contributed by atoms with Crippen LogP contribution < -0.4 is 16.2 Å². The summed E-state index contributed by atoms with van der Waals surface area (Å²) in [5.41, 5.74) is 0.607. The smallest absolute Gasteiger partial charge is 0.319 e. The number of anilines is 1. The number of amides is 2. The molecule has 0 spiro atoms. The molecule has 0 radical (unpaired) electrons. The summed E-state index contributed by atoms with van der Waals surface area (Å²) < 4.78 is 7.18. The molecule has 6 heteroatoms. The van der Waals surface area contributed by atoms with Crippen LogP contribution in [0.5, 0.6) is 0 Å². The number of pyridine rings is 1. The Morgan fingerprint density at radius 3 is 2.76 bits per heavy atom. The SMILES string of the molecule is CC(C)Cn1cc(NC(=O)NC[C@H]2CCCO2)c2ccccc2c1=O. The molecule has 134 valence electrons. The highest BCUT2D eigenvalue weighted by molar-refractivity contribution is 6.00. The molecule has 2 N–H and O–H groups in total. The van der Waals surface area contributed by atoms with E-state index in [0.29, 0.717) is 30.1 Å². The summed E-state index contributed by atoms with van der Waals surface area (Å²) in [6.07, 6.45) is 3.84. The molecule has 1 aliphatic heterocycles. The van der Waals surface area contributed by atoms with Gasteiger partial charge in [-0.25, -0.2) is 4.79 Å². The first-order valence-electron chi connectivity index (χ1n) is 8.83. The third-order valence-corrected chi connectivity index (χ3v) is 4.32. The van der Waals surface area contributed by atoms with E-state index in [0.717, 1.165) is 24.8 Å². The van der Waals surface area contributed by atoms with E-state index in [2.05, 4.69) is 24.5 Å². The predicted octanol–water partition coefficient (Wildman–Crippen LogP) is 2.96. The number of hydrogen-bond acceptors (Lipinski definition) is 3. The van der Waals surface area contributed by atoms with Crippen molar-refractivity contribution in [1.82, 2.24) is 9.88 Å². The summed E-state index contributed by atoms with van der Waals surface area (Å²) in [6, 6.07) is 7.07. The third-order valence-electron chi connectivity index (χ3n) is 4.32. The topological polar surface area (TPSA) is 72.4 Å². The Morgan fingerprint density at radius 1 is 1.32 bits per heavy atom.